The van der Waals surface area contributed by atoms with Gasteiger partial charge in [-0.15, -0.1) is 11.3 Å². The number of benzene rings is 1. The Morgan fingerprint density at radius 2 is 2.08 bits per heavy atom. The number of aromatic amines is 1. The van der Waals surface area contributed by atoms with Crippen molar-refractivity contribution >= 4 is 29.5 Å². The van der Waals surface area contributed by atoms with E-state index in [4.69, 9.17) is 12.2 Å². The van der Waals surface area contributed by atoms with E-state index in [-0.39, 0.29) is 5.91 Å². The molecule has 0 saturated carbocycles. The van der Waals surface area contributed by atoms with Gasteiger partial charge in [0, 0.05) is 26.1 Å². The second kappa shape index (κ2) is 8.91. The molecule has 0 spiro atoms. The number of carbonyl (C=O) groups is 1. The lowest BCUT2D eigenvalue weighted by molar-refractivity contribution is -0.131. The molecule has 3 aromatic rings. The van der Waals surface area contributed by atoms with Gasteiger partial charge in [-0.1, -0.05) is 36.4 Å². The van der Waals surface area contributed by atoms with Crippen LogP contribution in [0.15, 0.2) is 47.8 Å². The molecule has 0 saturated heterocycles. The zero-order valence-corrected chi connectivity index (χ0v) is 16.4. The van der Waals surface area contributed by atoms with Gasteiger partial charge in [0.2, 0.25) is 5.91 Å². The summed E-state index contributed by atoms with van der Waals surface area (Å²) in [5.74, 6) is 0.939. The van der Waals surface area contributed by atoms with E-state index in [1.165, 1.54) is 5.56 Å². The number of hydrogen-bond donors (Lipinski definition) is 1. The summed E-state index contributed by atoms with van der Waals surface area (Å²) in [6, 6.07) is 14.2. The van der Waals surface area contributed by atoms with E-state index in [0.29, 0.717) is 24.3 Å². The number of hydrogen-bond acceptors (Lipinski definition) is 4. The van der Waals surface area contributed by atoms with Crippen molar-refractivity contribution in [3.05, 3.63) is 58.2 Å². The van der Waals surface area contributed by atoms with Crippen molar-refractivity contribution in [3.63, 3.8) is 0 Å². The fourth-order valence-electron chi connectivity index (χ4n) is 2.85. The smallest absolute Gasteiger partial charge is 0.224 e. The summed E-state index contributed by atoms with van der Waals surface area (Å²) in [6.45, 7) is 3.99. The summed E-state index contributed by atoms with van der Waals surface area (Å²) in [5.41, 5.74) is 1.25. The van der Waals surface area contributed by atoms with Gasteiger partial charge in [0.05, 0.1) is 4.88 Å². The highest BCUT2D eigenvalue weighted by molar-refractivity contribution is 7.71. The third-order valence-corrected chi connectivity index (χ3v) is 5.47. The molecule has 0 fully saturated rings. The topological polar surface area (TPSA) is 53.9 Å². The van der Waals surface area contributed by atoms with Crippen LogP contribution in [0.2, 0.25) is 0 Å². The summed E-state index contributed by atoms with van der Waals surface area (Å²) in [7, 11) is 0. The maximum atomic E-state index is 12.7. The zero-order valence-electron chi connectivity index (χ0n) is 14.7. The molecule has 3 rings (SSSR count). The zero-order chi connectivity index (χ0) is 18.4. The first-order chi connectivity index (χ1) is 12.7. The molecule has 0 radical (unpaired) electrons. The molecule has 0 bridgehead atoms. The lowest BCUT2D eigenvalue weighted by Crippen LogP contribution is -2.33. The van der Waals surface area contributed by atoms with Crippen molar-refractivity contribution in [2.45, 2.75) is 26.3 Å². The van der Waals surface area contributed by atoms with Gasteiger partial charge in [0.25, 0.3) is 0 Å². The van der Waals surface area contributed by atoms with Crippen LogP contribution in [-0.2, 0) is 17.8 Å². The molecule has 7 heteroatoms. The van der Waals surface area contributed by atoms with Crippen LogP contribution < -0.4 is 0 Å². The number of H-pyrrole nitrogens is 1. The SMILES string of the molecule is CCN(CCc1ccccc1)C(=O)CCn1c(-c2cccs2)n[nH]c1=S. The minimum Gasteiger partial charge on any atom is -0.343 e. The Labute approximate surface area is 162 Å². The van der Waals surface area contributed by atoms with Crippen LogP contribution in [0.1, 0.15) is 18.9 Å². The highest BCUT2D eigenvalue weighted by Gasteiger charge is 2.15. The molecule has 1 N–H and O–H groups in total. The van der Waals surface area contributed by atoms with E-state index < -0.39 is 0 Å². The number of likely N-dealkylation sites (N-methyl/N-ethyl adjacent to an activating group) is 1. The number of aromatic nitrogens is 3. The summed E-state index contributed by atoms with van der Waals surface area (Å²) in [4.78, 5) is 15.6. The molecule has 0 atom stereocenters. The molecule has 0 unspecified atom stereocenters. The van der Waals surface area contributed by atoms with E-state index in [2.05, 4.69) is 22.3 Å². The maximum absolute atomic E-state index is 12.7. The highest BCUT2D eigenvalue weighted by atomic mass is 32.1. The Bertz CT molecular complexity index is 884. The number of nitrogens with zero attached hydrogens (tertiary/aromatic N) is 3. The Balaban J connectivity index is 1.61. The fourth-order valence-corrected chi connectivity index (χ4v) is 3.80. The monoisotopic (exact) mass is 386 g/mol. The largest absolute Gasteiger partial charge is 0.343 e. The van der Waals surface area contributed by atoms with Crippen LogP contribution in [0.25, 0.3) is 10.7 Å². The molecule has 0 aliphatic rings. The predicted molar refractivity (Wildman–Crippen MR) is 108 cm³/mol. The molecular weight excluding hydrogens is 364 g/mol. The van der Waals surface area contributed by atoms with Crippen molar-refractivity contribution < 1.29 is 4.79 Å². The predicted octanol–water partition coefficient (Wildman–Crippen LogP) is 4.15. The fraction of sp³-hybridized carbons (Fsp3) is 0.316. The first kappa shape index (κ1) is 18.5. The Kier molecular flexibility index (Phi) is 6.35. The van der Waals surface area contributed by atoms with E-state index in [1.807, 2.05) is 52.1 Å². The van der Waals surface area contributed by atoms with Crippen LogP contribution in [-0.4, -0.2) is 38.7 Å². The lowest BCUT2D eigenvalue weighted by atomic mass is 10.1. The van der Waals surface area contributed by atoms with Crippen LogP contribution in [0, 0.1) is 4.77 Å². The number of rotatable bonds is 8. The molecule has 0 aliphatic heterocycles. The standard InChI is InChI=1S/C19H22N4OS2/c1-2-22(12-10-15-7-4-3-5-8-15)17(24)11-13-23-18(20-21-19(23)25)16-9-6-14-26-16/h3-9,14H,2,10-13H2,1H3,(H,21,25). The van der Waals surface area contributed by atoms with Crippen LogP contribution in [0.5, 0.6) is 0 Å². The minimum absolute atomic E-state index is 0.142. The molecule has 0 aliphatic carbocycles. The second-order valence-electron chi connectivity index (χ2n) is 5.94. The molecule has 2 aromatic heterocycles. The van der Waals surface area contributed by atoms with Gasteiger partial charge in [-0.05, 0) is 42.6 Å². The first-order valence-electron chi connectivity index (χ1n) is 8.70. The lowest BCUT2D eigenvalue weighted by Gasteiger charge is -2.21. The van der Waals surface area contributed by atoms with Crippen molar-refractivity contribution in [2.24, 2.45) is 0 Å². The van der Waals surface area contributed by atoms with Crippen molar-refractivity contribution in [3.8, 4) is 10.7 Å². The quantitative estimate of drug-likeness (QED) is 0.592. The second-order valence-corrected chi connectivity index (χ2v) is 7.27. The maximum Gasteiger partial charge on any atom is 0.224 e. The summed E-state index contributed by atoms with van der Waals surface area (Å²) >= 11 is 6.94. The van der Waals surface area contributed by atoms with E-state index in [1.54, 1.807) is 11.3 Å². The number of carbonyl (C=O) groups excluding carboxylic acids is 1. The summed E-state index contributed by atoms with van der Waals surface area (Å²) in [6.07, 6.45) is 1.28. The number of thiophene rings is 1. The minimum atomic E-state index is 0.142. The number of amides is 1. The van der Waals surface area contributed by atoms with Crippen molar-refractivity contribution in [2.75, 3.05) is 13.1 Å². The van der Waals surface area contributed by atoms with Gasteiger partial charge in [-0.2, -0.15) is 5.10 Å². The molecule has 2 heterocycles. The summed E-state index contributed by atoms with van der Waals surface area (Å²) < 4.78 is 2.46. The van der Waals surface area contributed by atoms with Crippen LogP contribution in [0.3, 0.4) is 0 Å². The average molecular weight is 387 g/mol. The molecule has 136 valence electrons. The van der Waals surface area contributed by atoms with E-state index in [0.717, 1.165) is 23.7 Å². The van der Waals surface area contributed by atoms with Crippen LogP contribution >= 0.6 is 23.6 Å². The third-order valence-electron chi connectivity index (χ3n) is 4.30. The Morgan fingerprint density at radius 1 is 1.27 bits per heavy atom. The van der Waals surface area contributed by atoms with E-state index >= 15 is 0 Å². The van der Waals surface area contributed by atoms with Gasteiger partial charge >= 0.3 is 0 Å². The van der Waals surface area contributed by atoms with Gasteiger partial charge in [0.15, 0.2) is 10.6 Å². The summed E-state index contributed by atoms with van der Waals surface area (Å²) in [5, 5.41) is 9.15. The van der Waals surface area contributed by atoms with Crippen LogP contribution in [0.4, 0.5) is 0 Å². The molecule has 5 nitrogen and oxygen atoms in total. The van der Waals surface area contributed by atoms with Gasteiger partial charge in [-0.25, -0.2) is 0 Å². The Morgan fingerprint density at radius 3 is 2.77 bits per heavy atom. The average Bonchev–Trinajstić information content (AvgIpc) is 3.31. The molecular formula is C19H22N4OS2. The first-order valence-corrected chi connectivity index (χ1v) is 9.98. The van der Waals surface area contributed by atoms with Crippen molar-refractivity contribution in [1.29, 1.82) is 0 Å². The van der Waals surface area contributed by atoms with Gasteiger partial charge in [0.1, 0.15) is 0 Å². The third kappa shape index (κ3) is 4.47. The van der Waals surface area contributed by atoms with Gasteiger partial charge < -0.3 is 4.90 Å². The molecule has 1 amide bonds. The van der Waals surface area contributed by atoms with Crippen molar-refractivity contribution in [1.82, 2.24) is 19.7 Å². The van der Waals surface area contributed by atoms with E-state index in [9.17, 15) is 4.79 Å². The molecule has 1 aromatic carbocycles. The normalized spacial score (nSPS) is 10.8. The molecule has 26 heavy (non-hydrogen) atoms. The van der Waals surface area contributed by atoms with Gasteiger partial charge in [-0.3, -0.25) is 14.5 Å². The highest BCUT2D eigenvalue weighted by Crippen LogP contribution is 2.23. The number of nitrogens with one attached hydrogen (secondary N) is 1. The Hall–Kier alpha value is -2.25.